The summed E-state index contributed by atoms with van der Waals surface area (Å²) in [4.78, 5) is 37.2. The molecule has 0 aliphatic carbocycles. The second kappa shape index (κ2) is 9.55. The molecular formula is C15H28N4O5. The van der Waals surface area contributed by atoms with E-state index in [2.05, 4.69) is 5.32 Å². The van der Waals surface area contributed by atoms with Crippen molar-refractivity contribution in [3.05, 3.63) is 0 Å². The van der Waals surface area contributed by atoms with Gasteiger partial charge in [-0.2, -0.15) is 0 Å². The third-order valence-corrected chi connectivity index (χ3v) is 4.17. The van der Waals surface area contributed by atoms with Crippen LogP contribution in [0.5, 0.6) is 0 Å². The summed E-state index contributed by atoms with van der Waals surface area (Å²) >= 11 is 0. The van der Waals surface area contributed by atoms with Crippen LogP contribution in [0.1, 0.15) is 39.0 Å². The third-order valence-electron chi connectivity index (χ3n) is 4.17. The smallest absolute Gasteiger partial charge is 0.328 e. The van der Waals surface area contributed by atoms with Gasteiger partial charge in [0, 0.05) is 6.54 Å². The minimum absolute atomic E-state index is 0.311. The first-order chi connectivity index (χ1) is 11.3. The Morgan fingerprint density at radius 2 is 2.00 bits per heavy atom. The van der Waals surface area contributed by atoms with E-state index >= 15 is 0 Å². The standard InChI is InChI=1S/C15H28N4O5/c1-9(20)12(15(23)24)18-13(21)11-6-4-8-19(11)14(22)10(17)5-2-3-7-16/h9-12,20H,2-8,16-17H2,1H3,(H,18,21)(H,23,24)/t9?,10?,11-,12?/m0/s1. The summed E-state index contributed by atoms with van der Waals surface area (Å²) in [6, 6.07) is -2.86. The number of carbonyl (C=O) groups is 3. The molecule has 9 heteroatoms. The normalized spacial score (nSPS) is 21.2. The number of nitrogens with zero attached hydrogens (tertiary/aromatic N) is 1. The summed E-state index contributed by atoms with van der Waals surface area (Å²) in [5.74, 6) is -2.22. The highest BCUT2D eigenvalue weighted by Crippen LogP contribution is 2.19. The van der Waals surface area contributed by atoms with E-state index in [0.717, 1.165) is 12.8 Å². The molecule has 0 bridgehead atoms. The van der Waals surface area contributed by atoms with Gasteiger partial charge in [0.15, 0.2) is 6.04 Å². The molecular weight excluding hydrogens is 316 g/mol. The molecule has 0 spiro atoms. The van der Waals surface area contributed by atoms with Crippen LogP contribution >= 0.6 is 0 Å². The molecule has 1 aliphatic rings. The highest BCUT2D eigenvalue weighted by Gasteiger charge is 2.38. The predicted octanol–water partition coefficient (Wildman–Crippen LogP) is -1.62. The number of rotatable bonds is 9. The largest absolute Gasteiger partial charge is 0.480 e. The van der Waals surface area contributed by atoms with E-state index in [4.69, 9.17) is 16.6 Å². The average molecular weight is 344 g/mol. The van der Waals surface area contributed by atoms with Crippen LogP contribution in [-0.2, 0) is 14.4 Å². The molecule has 0 radical (unpaired) electrons. The third kappa shape index (κ3) is 5.43. The Morgan fingerprint density at radius 1 is 1.33 bits per heavy atom. The van der Waals surface area contributed by atoms with Crippen molar-refractivity contribution in [2.45, 2.75) is 63.3 Å². The van der Waals surface area contributed by atoms with Gasteiger partial charge in [0.2, 0.25) is 11.8 Å². The maximum absolute atomic E-state index is 12.4. The lowest BCUT2D eigenvalue weighted by Crippen LogP contribution is -2.56. The summed E-state index contributed by atoms with van der Waals surface area (Å²) in [6.45, 7) is 2.23. The molecule has 4 atom stereocenters. The number of carboxylic acid groups (broad SMARTS) is 1. The van der Waals surface area contributed by atoms with Crippen LogP contribution in [0.25, 0.3) is 0 Å². The lowest BCUT2D eigenvalue weighted by molar-refractivity contribution is -0.146. The molecule has 1 heterocycles. The number of carbonyl (C=O) groups excluding carboxylic acids is 2. The number of aliphatic carboxylic acids is 1. The number of hydrogen-bond donors (Lipinski definition) is 5. The number of likely N-dealkylation sites (tertiary alicyclic amines) is 1. The van der Waals surface area contributed by atoms with Gasteiger partial charge < -0.3 is 31.9 Å². The molecule has 1 fully saturated rings. The van der Waals surface area contributed by atoms with Gasteiger partial charge in [-0.3, -0.25) is 9.59 Å². The van der Waals surface area contributed by atoms with Crippen LogP contribution in [0.4, 0.5) is 0 Å². The van der Waals surface area contributed by atoms with Crippen molar-refractivity contribution in [1.29, 1.82) is 0 Å². The molecule has 2 amide bonds. The van der Waals surface area contributed by atoms with E-state index in [9.17, 15) is 19.5 Å². The van der Waals surface area contributed by atoms with Crippen molar-refractivity contribution >= 4 is 17.8 Å². The summed E-state index contributed by atoms with van der Waals surface area (Å²) in [7, 11) is 0. The molecule has 138 valence electrons. The van der Waals surface area contributed by atoms with Gasteiger partial charge in [0.25, 0.3) is 0 Å². The summed E-state index contributed by atoms with van der Waals surface area (Å²) in [5, 5.41) is 20.8. The Balaban J connectivity index is 2.68. The number of carboxylic acids is 1. The van der Waals surface area contributed by atoms with Crippen molar-refractivity contribution in [2.24, 2.45) is 11.5 Å². The van der Waals surface area contributed by atoms with Gasteiger partial charge in [0.1, 0.15) is 6.04 Å². The second-order valence-electron chi connectivity index (χ2n) is 6.15. The number of aliphatic hydroxyl groups is 1. The van der Waals surface area contributed by atoms with Gasteiger partial charge in [-0.25, -0.2) is 4.79 Å². The first kappa shape index (κ1) is 20.3. The summed E-state index contributed by atoms with van der Waals surface area (Å²) in [6.07, 6.45) is 1.85. The predicted molar refractivity (Wildman–Crippen MR) is 86.9 cm³/mol. The fourth-order valence-electron chi connectivity index (χ4n) is 2.79. The molecule has 1 aliphatic heterocycles. The molecule has 0 aromatic carbocycles. The number of unbranched alkanes of at least 4 members (excludes halogenated alkanes) is 1. The number of amides is 2. The minimum Gasteiger partial charge on any atom is -0.480 e. The van der Waals surface area contributed by atoms with Crippen molar-refractivity contribution in [2.75, 3.05) is 13.1 Å². The highest BCUT2D eigenvalue weighted by atomic mass is 16.4. The van der Waals surface area contributed by atoms with E-state index in [1.54, 1.807) is 0 Å². The van der Waals surface area contributed by atoms with E-state index < -0.39 is 36.1 Å². The minimum atomic E-state index is -1.41. The van der Waals surface area contributed by atoms with Gasteiger partial charge >= 0.3 is 5.97 Å². The van der Waals surface area contributed by atoms with E-state index in [-0.39, 0.29) is 5.91 Å². The maximum Gasteiger partial charge on any atom is 0.328 e. The van der Waals surface area contributed by atoms with Gasteiger partial charge in [-0.15, -0.1) is 0 Å². The lowest BCUT2D eigenvalue weighted by atomic mass is 10.1. The number of nitrogens with two attached hydrogens (primary N) is 2. The van der Waals surface area contributed by atoms with Crippen molar-refractivity contribution < 1.29 is 24.6 Å². The van der Waals surface area contributed by atoms with Crippen molar-refractivity contribution in [3.8, 4) is 0 Å². The molecule has 3 unspecified atom stereocenters. The van der Waals surface area contributed by atoms with Crippen molar-refractivity contribution in [3.63, 3.8) is 0 Å². The Hall–Kier alpha value is -1.71. The fraction of sp³-hybridized carbons (Fsp3) is 0.800. The van der Waals surface area contributed by atoms with Gasteiger partial charge in [0.05, 0.1) is 12.1 Å². The summed E-state index contributed by atoms with van der Waals surface area (Å²) in [5.41, 5.74) is 11.3. The quantitative estimate of drug-likeness (QED) is 0.314. The van der Waals surface area contributed by atoms with Crippen LogP contribution in [-0.4, -0.2) is 70.2 Å². The second-order valence-corrected chi connectivity index (χ2v) is 6.15. The Kier molecular flexibility index (Phi) is 8.09. The Bertz CT molecular complexity index is 457. The molecule has 1 saturated heterocycles. The summed E-state index contributed by atoms with van der Waals surface area (Å²) < 4.78 is 0. The van der Waals surface area contributed by atoms with Gasteiger partial charge in [-0.05, 0) is 39.2 Å². The number of aliphatic hydroxyl groups excluding tert-OH is 1. The van der Waals surface area contributed by atoms with E-state index in [0.29, 0.717) is 32.4 Å². The molecule has 0 saturated carbocycles. The Morgan fingerprint density at radius 3 is 2.54 bits per heavy atom. The zero-order chi connectivity index (χ0) is 18.3. The molecule has 24 heavy (non-hydrogen) atoms. The van der Waals surface area contributed by atoms with Crippen molar-refractivity contribution in [1.82, 2.24) is 10.2 Å². The monoisotopic (exact) mass is 344 g/mol. The average Bonchev–Trinajstić information content (AvgIpc) is 3.00. The molecule has 9 nitrogen and oxygen atoms in total. The van der Waals surface area contributed by atoms with Crippen LogP contribution in [0.15, 0.2) is 0 Å². The molecule has 0 aromatic rings. The topological polar surface area (TPSA) is 159 Å². The van der Waals surface area contributed by atoms with Crippen LogP contribution in [0.3, 0.4) is 0 Å². The van der Waals surface area contributed by atoms with Crippen LogP contribution < -0.4 is 16.8 Å². The molecule has 1 rings (SSSR count). The SMILES string of the molecule is CC(O)C(NC(=O)[C@@H]1CCCN1C(=O)C(N)CCCCN)C(=O)O. The Labute approximate surface area is 141 Å². The number of hydrogen-bond acceptors (Lipinski definition) is 6. The van der Waals surface area contributed by atoms with Gasteiger partial charge in [-0.1, -0.05) is 6.42 Å². The van der Waals surface area contributed by atoms with Crippen LogP contribution in [0, 0.1) is 0 Å². The zero-order valence-electron chi connectivity index (χ0n) is 14.0. The first-order valence-corrected chi connectivity index (χ1v) is 8.27. The van der Waals surface area contributed by atoms with Crippen LogP contribution in [0.2, 0.25) is 0 Å². The van der Waals surface area contributed by atoms with E-state index in [1.165, 1.54) is 11.8 Å². The maximum atomic E-state index is 12.4. The lowest BCUT2D eigenvalue weighted by Gasteiger charge is -2.28. The molecule has 0 aromatic heterocycles. The zero-order valence-corrected chi connectivity index (χ0v) is 14.0. The molecule has 7 N–H and O–H groups in total. The fourth-order valence-corrected chi connectivity index (χ4v) is 2.79. The highest BCUT2D eigenvalue weighted by molar-refractivity contribution is 5.92. The first-order valence-electron chi connectivity index (χ1n) is 8.27. The number of nitrogens with one attached hydrogen (secondary N) is 1. The van der Waals surface area contributed by atoms with E-state index in [1.807, 2.05) is 0 Å².